The van der Waals surface area contributed by atoms with E-state index in [1.807, 2.05) is 35.9 Å². The molecule has 150 valence electrons. The van der Waals surface area contributed by atoms with Crippen LogP contribution in [0.1, 0.15) is 50.2 Å². The van der Waals surface area contributed by atoms with Gasteiger partial charge in [-0.3, -0.25) is 4.98 Å². The summed E-state index contributed by atoms with van der Waals surface area (Å²) in [7, 11) is 0. The smallest absolute Gasteiger partial charge is 0.174 e. The summed E-state index contributed by atoms with van der Waals surface area (Å²) in [5.74, 6) is 2.61. The molecule has 1 saturated carbocycles. The minimum absolute atomic E-state index is 0. The molecule has 28 heavy (non-hydrogen) atoms. The topological polar surface area (TPSA) is 91.7 Å². The van der Waals surface area contributed by atoms with Crippen LogP contribution in [-0.2, 0) is 4.74 Å². The predicted molar refractivity (Wildman–Crippen MR) is 111 cm³/mol. The van der Waals surface area contributed by atoms with Gasteiger partial charge in [0, 0.05) is 18.6 Å². The van der Waals surface area contributed by atoms with Gasteiger partial charge in [-0.25, -0.2) is 9.97 Å². The fourth-order valence-corrected chi connectivity index (χ4v) is 3.76. The van der Waals surface area contributed by atoms with E-state index in [1.165, 1.54) is 0 Å². The van der Waals surface area contributed by atoms with Crippen molar-refractivity contribution < 1.29 is 4.74 Å². The van der Waals surface area contributed by atoms with Crippen molar-refractivity contribution >= 4 is 23.4 Å². The van der Waals surface area contributed by atoms with Crippen LogP contribution in [0.3, 0.4) is 0 Å². The van der Waals surface area contributed by atoms with Crippen LogP contribution in [0.2, 0.25) is 0 Å². The van der Waals surface area contributed by atoms with E-state index >= 15 is 0 Å². The summed E-state index contributed by atoms with van der Waals surface area (Å²) in [6.07, 6.45) is 5.59. The van der Waals surface area contributed by atoms with Crippen molar-refractivity contribution in [2.75, 3.05) is 6.61 Å². The maximum Gasteiger partial charge on any atom is 0.174 e. The molecule has 0 amide bonds. The molecule has 7 nitrogen and oxygen atoms in total. The number of aryl methyl sites for hydroxylation is 1. The molecule has 2 aromatic heterocycles. The number of benzene rings is 1. The Labute approximate surface area is 171 Å². The summed E-state index contributed by atoms with van der Waals surface area (Å²) in [5, 5.41) is 4.60. The molecule has 3 atom stereocenters. The van der Waals surface area contributed by atoms with E-state index in [-0.39, 0.29) is 30.5 Å². The Morgan fingerprint density at radius 3 is 2.75 bits per heavy atom. The van der Waals surface area contributed by atoms with E-state index in [4.69, 9.17) is 20.4 Å². The number of rotatable bonds is 5. The minimum atomic E-state index is 0. The SMILES string of the molecule is CCCO[C@H]1C[C@@H](c2nc(C)nn2-c2cnc3ccccc3n2)CC[C@@H]1N.Cl. The number of para-hydroxylation sites is 2. The van der Waals surface area contributed by atoms with Gasteiger partial charge < -0.3 is 10.5 Å². The molecule has 1 aromatic carbocycles. The van der Waals surface area contributed by atoms with Gasteiger partial charge in [0.1, 0.15) is 11.6 Å². The molecule has 1 aliphatic rings. The van der Waals surface area contributed by atoms with Crippen LogP contribution in [0.25, 0.3) is 16.9 Å². The maximum absolute atomic E-state index is 6.29. The van der Waals surface area contributed by atoms with Gasteiger partial charge in [0.2, 0.25) is 0 Å². The second-order valence-electron chi connectivity index (χ2n) is 7.23. The van der Waals surface area contributed by atoms with Crippen LogP contribution >= 0.6 is 12.4 Å². The molecule has 0 aliphatic heterocycles. The third kappa shape index (κ3) is 4.16. The van der Waals surface area contributed by atoms with Crippen LogP contribution in [0.15, 0.2) is 30.5 Å². The fourth-order valence-electron chi connectivity index (χ4n) is 3.76. The van der Waals surface area contributed by atoms with Crippen molar-refractivity contribution in [2.24, 2.45) is 5.73 Å². The molecule has 0 unspecified atom stereocenters. The van der Waals surface area contributed by atoms with E-state index in [1.54, 1.807) is 6.20 Å². The molecule has 2 heterocycles. The summed E-state index contributed by atoms with van der Waals surface area (Å²) in [5.41, 5.74) is 8.01. The van der Waals surface area contributed by atoms with E-state index in [0.717, 1.165) is 55.0 Å². The fraction of sp³-hybridized carbons (Fsp3) is 0.500. The van der Waals surface area contributed by atoms with Crippen LogP contribution in [-0.4, -0.2) is 43.5 Å². The predicted octanol–water partition coefficient (Wildman–Crippen LogP) is 3.33. The highest BCUT2D eigenvalue weighted by atomic mass is 35.5. The number of hydrogen-bond donors (Lipinski definition) is 1. The first-order valence-corrected chi connectivity index (χ1v) is 9.68. The molecular weight excluding hydrogens is 376 g/mol. The highest BCUT2D eigenvalue weighted by Crippen LogP contribution is 2.34. The van der Waals surface area contributed by atoms with Gasteiger partial charge in [0.15, 0.2) is 5.82 Å². The second kappa shape index (κ2) is 8.94. The Kier molecular flexibility index (Phi) is 6.59. The standard InChI is InChI=1S/C20H26N6O.ClH/c1-3-10-27-18-11-14(8-9-15(18)21)20-23-13(2)25-26(20)19-12-22-16-6-4-5-7-17(16)24-19;/h4-7,12,14-15,18H,3,8-11,21H2,1-2H3;1H/t14-,15-,18-;/m0./s1. The first-order valence-electron chi connectivity index (χ1n) is 9.68. The lowest BCUT2D eigenvalue weighted by Gasteiger charge is -2.33. The number of ether oxygens (including phenoxy) is 1. The number of nitrogens with zero attached hydrogens (tertiary/aromatic N) is 5. The Hall–Kier alpha value is -2.09. The Balaban J connectivity index is 0.00000225. The molecule has 0 bridgehead atoms. The molecule has 2 N–H and O–H groups in total. The molecule has 0 radical (unpaired) electrons. The van der Waals surface area contributed by atoms with Gasteiger partial charge in [-0.05, 0) is 44.7 Å². The second-order valence-corrected chi connectivity index (χ2v) is 7.23. The van der Waals surface area contributed by atoms with E-state index in [0.29, 0.717) is 5.82 Å². The normalized spacial score (nSPS) is 22.2. The van der Waals surface area contributed by atoms with Gasteiger partial charge in [-0.2, -0.15) is 4.68 Å². The highest BCUT2D eigenvalue weighted by molar-refractivity contribution is 5.85. The lowest BCUT2D eigenvalue weighted by Crippen LogP contribution is -2.42. The van der Waals surface area contributed by atoms with Crippen molar-refractivity contribution in [1.29, 1.82) is 0 Å². The zero-order chi connectivity index (χ0) is 18.8. The minimum Gasteiger partial charge on any atom is -0.377 e. The monoisotopic (exact) mass is 402 g/mol. The van der Waals surface area contributed by atoms with Crippen LogP contribution in [0.4, 0.5) is 0 Å². The van der Waals surface area contributed by atoms with Crippen molar-refractivity contribution in [3.63, 3.8) is 0 Å². The highest BCUT2D eigenvalue weighted by Gasteiger charge is 2.33. The average Bonchev–Trinajstić information content (AvgIpc) is 3.08. The number of nitrogens with two attached hydrogens (primary N) is 1. The van der Waals surface area contributed by atoms with Gasteiger partial charge >= 0.3 is 0 Å². The number of aromatic nitrogens is 5. The zero-order valence-corrected chi connectivity index (χ0v) is 17.1. The molecule has 0 saturated heterocycles. The molecule has 4 rings (SSSR count). The lowest BCUT2D eigenvalue weighted by atomic mass is 9.83. The Morgan fingerprint density at radius 2 is 1.96 bits per heavy atom. The third-order valence-corrected chi connectivity index (χ3v) is 5.13. The van der Waals surface area contributed by atoms with Crippen molar-refractivity contribution in [2.45, 2.75) is 57.6 Å². The first kappa shape index (κ1) is 20.6. The van der Waals surface area contributed by atoms with E-state index < -0.39 is 0 Å². The number of halogens is 1. The number of fused-ring (bicyclic) bond motifs is 1. The first-order chi connectivity index (χ1) is 13.2. The molecule has 0 spiro atoms. The van der Waals surface area contributed by atoms with Crippen molar-refractivity contribution in [1.82, 2.24) is 24.7 Å². The van der Waals surface area contributed by atoms with Crippen LogP contribution in [0.5, 0.6) is 0 Å². The molecule has 1 aliphatic carbocycles. The largest absolute Gasteiger partial charge is 0.377 e. The summed E-state index contributed by atoms with van der Waals surface area (Å²) in [6, 6.07) is 7.93. The summed E-state index contributed by atoms with van der Waals surface area (Å²) in [4.78, 5) is 14.0. The van der Waals surface area contributed by atoms with Crippen LogP contribution in [0, 0.1) is 6.92 Å². The van der Waals surface area contributed by atoms with Gasteiger partial charge in [-0.15, -0.1) is 17.5 Å². The lowest BCUT2D eigenvalue weighted by molar-refractivity contribution is 0.00882. The third-order valence-electron chi connectivity index (χ3n) is 5.13. The van der Waals surface area contributed by atoms with E-state index in [2.05, 4.69) is 17.0 Å². The Morgan fingerprint density at radius 1 is 1.18 bits per heavy atom. The Bertz CT molecular complexity index is 930. The molecule has 1 fully saturated rings. The molecule has 8 heteroatoms. The summed E-state index contributed by atoms with van der Waals surface area (Å²) in [6.45, 7) is 4.77. The maximum atomic E-state index is 6.29. The number of hydrogen-bond acceptors (Lipinski definition) is 6. The van der Waals surface area contributed by atoms with Gasteiger partial charge in [0.05, 0.1) is 23.3 Å². The molecular formula is C20H27ClN6O. The summed E-state index contributed by atoms with van der Waals surface area (Å²) < 4.78 is 7.84. The van der Waals surface area contributed by atoms with Crippen molar-refractivity contribution in [3.8, 4) is 5.82 Å². The van der Waals surface area contributed by atoms with Crippen molar-refractivity contribution in [3.05, 3.63) is 42.1 Å². The quantitative estimate of drug-likeness (QED) is 0.703. The van der Waals surface area contributed by atoms with Crippen LogP contribution < -0.4 is 5.73 Å². The molecule has 3 aromatic rings. The zero-order valence-electron chi connectivity index (χ0n) is 16.3. The average molecular weight is 403 g/mol. The van der Waals surface area contributed by atoms with Gasteiger partial charge in [-0.1, -0.05) is 19.1 Å². The van der Waals surface area contributed by atoms with E-state index in [9.17, 15) is 0 Å². The summed E-state index contributed by atoms with van der Waals surface area (Å²) >= 11 is 0. The van der Waals surface area contributed by atoms with Gasteiger partial charge in [0.25, 0.3) is 0 Å².